The summed E-state index contributed by atoms with van der Waals surface area (Å²) >= 11 is 0. The Labute approximate surface area is 182 Å². The number of nitrogens with zero attached hydrogens (tertiary/aromatic N) is 1. The van der Waals surface area contributed by atoms with Crippen molar-refractivity contribution in [1.29, 1.82) is 0 Å². The third-order valence-corrected chi connectivity index (χ3v) is 5.81. The standard InChI is InChI=1S/C20H43N.C3H8O4S/c1-4-5-6-7-8-9-10-11-12-13-14-15-16-17-18-19-20-21(2)3;1-3(4)2-8(5,6)7/h4-20H2,1-3H3;3-4H,2H2,1H3,(H,5,6,7). The lowest BCUT2D eigenvalue weighted by Crippen LogP contribution is -2.16. The minimum Gasteiger partial charge on any atom is -0.392 e. The summed E-state index contributed by atoms with van der Waals surface area (Å²) in [5.74, 6) is -0.590. The average Bonchev–Trinajstić information content (AvgIpc) is 2.59. The number of hydrogen-bond acceptors (Lipinski definition) is 4. The second-order valence-electron chi connectivity index (χ2n) is 8.70. The molecule has 0 amide bonds. The summed E-state index contributed by atoms with van der Waals surface area (Å²) in [4.78, 5) is 2.30. The largest absolute Gasteiger partial charge is 0.392 e. The molecule has 0 aromatic carbocycles. The summed E-state index contributed by atoms with van der Waals surface area (Å²) in [7, 11) is 0.370. The normalized spacial score (nSPS) is 12.7. The molecule has 0 aliphatic rings. The first-order valence-electron chi connectivity index (χ1n) is 12.0. The predicted molar refractivity (Wildman–Crippen MR) is 126 cm³/mol. The fraction of sp³-hybridized carbons (Fsp3) is 1.00. The molecule has 0 aromatic heterocycles. The van der Waals surface area contributed by atoms with Crippen LogP contribution in [0.3, 0.4) is 0 Å². The quantitative estimate of drug-likeness (QED) is 0.189. The first-order valence-corrected chi connectivity index (χ1v) is 13.6. The summed E-state index contributed by atoms with van der Waals surface area (Å²) in [5, 5.41) is 8.35. The Hall–Kier alpha value is -0.170. The summed E-state index contributed by atoms with van der Waals surface area (Å²) in [6, 6.07) is 0. The van der Waals surface area contributed by atoms with Gasteiger partial charge in [0.2, 0.25) is 0 Å². The van der Waals surface area contributed by atoms with Crippen molar-refractivity contribution in [1.82, 2.24) is 4.90 Å². The molecule has 0 aromatic rings. The minimum atomic E-state index is -3.97. The van der Waals surface area contributed by atoms with Crippen LogP contribution in [0.25, 0.3) is 0 Å². The molecule has 0 fully saturated rings. The van der Waals surface area contributed by atoms with Crippen molar-refractivity contribution < 1.29 is 18.1 Å². The van der Waals surface area contributed by atoms with Crippen LogP contribution in [0.1, 0.15) is 117 Å². The van der Waals surface area contributed by atoms with Crippen LogP contribution in [0.4, 0.5) is 0 Å². The van der Waals surface area contributed by atoms with Gasteiger partial charge in [0.05, 0.1) is 6.10 Å². The van der Waals surface area contributed by atoms with Gasteiger partial charge in [0.15, 0.2) is 0 Å². The fourth-order valence-corrected chi connectivity index (χ4v) is 3.89. The highest BCUT2D eigenvalue weighted by Gasteiger charge is 2.07. The third kappa shape index (κ3) is 35.6. The maximum Gasteiger partial charge on any atom is 0.267 e. The molecule has 6 heteroatoms. The van der Waals surface area contributed by atoms with Crippen LogP contribution in [0, 0.1) is 0 Å². The van der Waals surface area contributed by atoms with Gasteiger partial charge in [-0.25, -0.2) is 0 Å². The molecule has 0 bridgehead atoms. The van der Waals surface area contributed by atoms with Gasteiger partial charge in [-0.15, -0.1) is 0 Å². The highest BCUT2D eigenvalue weighted by Crippen LogP contribution is 2.13. The van der Waals surface area contributed by atoms with E-state index in [9.17, 15) is 8.42 Å². The predicted octanol–water partition coefficient (Wildman–Crippen LogP) is 6.06. The first-order chi connectivity index (χ1) is 13.7. The lowest BCUT2D eigenvalue weighted by molar-refractivity contribution is 0.215. The van der Waals surface area contributed by atoms with Gasteiger partial charge in [0, 0.05) is 0 Å². The van der Waals surface area contributed by atoms with Crippen molar-refractivity contribution in [2.24, 2.45) is 0 Å². The van der Waals surface area contributed by atoms with E-state index in [1.807, 2.05) is 0 Å². The Kier molecular flexibility index (Phi) is 24.1. The summed E-state index contributed by atoms with van der Waals surface area (Å²) in [6.07, 6.45) is 22.3. The zero-order valence-electron chi connectivity index (χ0n) is 19.9. The average molecular weight is 438 g/mol. The molecule has 1 atom stereocenters. The van der Waals surface area contributed by atoms with Gasteiger partial charge in [-0.05, 0) is 34.0 Å². The number of aliphatic hydroxyl groups is 1. The number of unbranched alkanes of at least 4 members (excludes halogenated alkanes) is 15. The van der Waals surface area contributed by atoms with Crippen molar-refractivity contribution in [3.63, 3.8) is 0 Å². The van der Waals surface area contributed by atoms with Crippen LogP contribution in [0.15, 0.2) is 0 Å². The Bertz CT molecular complexity index is 411. The fourth-order valence-electron chi connectivity index (χ4n) is 3.28. The summed E-state index contributed by atoms with van der Waals surface area (Å²) in [6.45, 7) is 4.84. The second-order valence-corrected chi connectivity index (χ2v) is 10.2. The molecule has 0 heterocycles. The van der Waals surface area contributed by atoms with E-state index in [0.717, 1.165) is 0 Å². The van der Waals surface area contributed by atoms with Gasteiger partial charge in [-0.2, -0.15) is 8.42 Å². The Morgan fingerprint density at radius 3 is 1.21 bits per heavy atom. The van der Waals surface area contributed by atoms with Gasteiger partial charge < -0.3 is 10.0 Å². The molecule has 0 spiro atoms. The zero-order valence-corrected chi connectivity index (χ0v) is 20.7. The molecule has 0 aliphatic heterocycles. The lowest BCUT2D eigenvalue weighted by Gasteiger charge is -2.08. The highest BCUT2D eigenvalue weighted by molar-refractivity contribution is 7.85. The van der Waals surface area contributed by atoms with E-state index in [2.05, 4.69) is 25.9 Å². The van der Waals surface area contributed by atoms with Crippen molar-refractivity contribution >= 4 is 10.1 Å². The van der Waals surface area contributed by atoms with Gasteiger partial charge in [0.25, 0.3) is 10.1 Å². The van der Waals surface area contributed by atoms with E-state index < -0.39 is 22.0 Å². The lowest BCUT2D eigenvalue weighted by atomic mass is 10.0. The van der Waals surface area contributed by atoms with Crippen LogP contribution in [0.5, 0.6) is 0 Å². The topological polar surface area (TPSA) is 77.8 Å². The summed E-state index contributed by atoms with van der Waals surface area (Å²) in [5.41, 5.74) is 0. The SMILES string of the molecule is CC(O)CS(=O)(=O)O.CCCCCCCCCCCCCCCCCCN(C)C. The molecule has 0 saturated heterocycles. The maximum absolute atomic E-state index is 9.84. The second kappa shape index (κ2) is 22.5. The molecule has 0 aliphatic carbocycles. The third-order valence-electron chi connectivity index (χ3n) is 4.91. The molecule has 178 valence electrons. The molecule has 29 heavy (non-hydrogen) atoms. The maximum atomic E-state index is 9.84. The van der Waals surface area contributed by atoms with E-state index in [4.69, 9.17) is 9.66 Å². The number of hydrogen-bond donors (Lipinski definition) is 2. The van der Waals surface area contributed by atoms with Crippen LogP contribution < -0.4 is 0 Å². The Morgan fingerprint density at radius 1 is 0.690 bits per heavy atom. The molecule has 0 rings (SSSR count). The monoisotopic (exact) mass is 437 g/mol. The number of aliphatic hydroxyl groups excluding tert-OH is 1. The van der Waals surface area contributed by atoms with Crippen molar-refractivity contribution in [3.8, 4) is 0 Å². The van der Waals surface area contributed by atoms with E-state index in [1.165, 1.54) is 116 Å². The van der Waals surface area contributed by atoms with Crippen LogP contribution in [0.2, 0.25) is 0 Å². The summed E-state index contributed by atoms with van der Waals surface area (Å²) < 4.78 is 27.7. The molecule has 5 nitrogen and oxygen atoms in total. The van der Waals surface area contributed by atoms with Crippen molar-refractivity contribution in [2.75, 3.05) is 26.4 Å². The molecular weight excluding hydrogens is 386 g/mol. The van der Waals surface area contributed by atoms with Gasteiger partial charge >= 0.3 is 0 Å². The molecule has 2 N–H and O–H groups in total. The van der Waals surface area contributed by atoms with Crippen LogP contribution in [-0.4, -0.2) is 55.5 Å². The van der Waals surface area contributed by atoms with Crippen LogP contribution >= 0.6 is 0 Å². The highest BCUT2D eigenvalue weighted by atomic mass is 32.2. The molecule has 0 radical (unpaired) electrons. The Balaban J connectivity index is 0. The van der Waals surface area contributed by atoms with Crippen LogP contribution in [-0.2, 0) is 10.1 Å². The van der Waals surface area contributed by atoms with E-state index in [0.29, 0.717) is 0 Å². The zero-order chi connectivity index (χ0) is 22.4. The van der Waals surface area contributed by atoms with Gasteiger partial charge in [-0.3, -0.25) is 4.55 Å². The van der Waals surface area contributed by atoms with E-state index in [1.54, 1.807) is 0 Å². The smallest absolute Gasteiger partial charge is 0.267 e. The van der Waals surface area contributed by atoms with E-state index in [-0.39, 0.29) is 0 Å². The molecule has 0 saturated carbocycles. The Morgan fingerprint density at radius 2 is 1.00 bits per heavy atom. The van der Waals surface area contributed by atoms with Crippen molar-refractivity contribution in [3.05, 3.63) is 0 Å². The van der Waals surface area contributed by atoms with Gasteiger partial charge in [-0.1, -0.05) is 103 Å². The minimum absolute atomic E-state index is 0.590. The first kappa shape index (κ1) is 31.0. The number of rotatable bonds is 19. The van der Waals surface area contributed by atoms with Crippen molar-refractivity contribution in [2.45, 2.75) is 123 Å². The van der Waals surface area contributed by atoms with Gasteiger partial charge in [0.1, 0.15) is 5.75 Å². The molecular formula is C23H51NO4S. The molecule has 1 unspecified atom stereocenters. The van der Waals surface area contributed by atoms with E-state index >= 15 is 0 Å².